The molecule has 1 aromatic carbocycles. The number of imidazole rings is 1. The van der Waals surface area contributed by atoms with E-state index < -0.39 is 11.6 Å². The van der Waals surface area contributed by atoms with Crippen LogP contribution in [0.1, 0.15) is 37.1 Å². The molecule has 5 heteroatoms. The van der Waals surface area contributed by atoms with E-state index in [1.807, 2.05) is 12.4 Å². The SMILES string of the molecule is CCn1ccnc1[C@H]1CCCN(Cc2c(F)cccc2F)C1. The van der Waals surface area contributed by atoms with Crippen molar-refractivity contribution in [3.8, 4) is 0 Å². The van der Waals surface area contributed by atoms with Gasteiger partial charge in [-0.15, -0.1) is 0 Å². The van der Waals surface area contributed by atoms with Crippen molar-refractivity contribution >= 4 is 0 Å². The normalized spacial score (nSPS) is 19.5. The lowest BCUT2D eigenvalue weighted by molar-refractivity contribution is 0.190. The zero-order valence-corrected chi connectivity index (χ0v) is 12.8. The molecule has 3 rings (SSSR count). The van der Waals surface area contributed by atoms with Crippen molar-refractivity contribution in [3.05, 3.63) is 53.6 Å². The van der Waals surface area contributed by atoms with Gasteiger partial charge in [0.1, 0.15) is 17.5 Å². The Kier molecular flexibility index (Phi) is 4.52. The number of hydrogen-bond acceptors (Lipinski definition) is 2. The summed E-state index contributed by atoms with van der Waals surface area (Å²) in [6, 6.07) is 4.05. The fourth-order valence-corrected chi connectivity index (χ4v) is 3.26. The third-order valence-electron chi connectivity index (χ3n) is 4.40. The molecule has 0 aliphatic carbocycles. The van der Waals surface area contributed by atoms with E-state index in [4.69, 9.17) is 0 Å². The fraction of sp³-hybridized carbons (Fsp3) is 0.471. The molecule has 0 radical (unpaired) electrons. The minimum atomic E-state index is -0.461. The summed E-state index contributed by atoms with van der Waals surface area (Å²) in [5, 5.41) is 0. The number of aryl methyl sites for hydroxylation is 1. The first-order chi connectivity index (χ1) is 10.7. The molecule has 3 nitrogen and oxygen atoms in total. The summed E-state index contributed by atoms with van der Waals surface area (Å²) in [5.74, 6) is 0.495. The molecule has 22 heavy (non-hydrogen) atoms. The molecule has 0 unspecified atom stereocenters. The maximum atomic E-state index is 13.8. The molecule has 1 aliphatic rings. The Labute approximate surface area is 129 Å². The maximum Gasteiger partial charge on any atom is 0.130 e. The minimum absolute atomic E-state index is 0.169. The van der Waals surface area contributed by atoms with E-state index in [9.17, 15) is 8.78 Å². The predicted octanol–water partition coefficient (Wildman–Crippen LogP) is 3.56. The molecule has 0 saturated carbocycles. The van der Waals surface area contributed by atoms with Crippen molar-refractivity contribution in [3.63, 3.8) is 0 Å². The highest BCUT2D eigenvalue weighted by Crippen LogP contribution is 2.27. The average Bonchev–Trinajstić information content (AvgIpc) is 3.00. The molecule has 0 bridgehead atoms. The van der Waals surface area contributed by atoms with Gasteiger partial charge in [-0.05, 0) is 38.4 Å². The van der Waals surface area contributed by atoms with Crippen LogP contribution in [0.5, 0.6) is 0 Å². The van der Waals surface area contributed by atoms with Gasteiger partial charge in [-0.1, -0.05) is 6.07 Å². The summed E-state index contributed by atoms with van der Waals surface area (Å²) in [7, 11) is 0. The number of piperidine rings is 1. The molecule has 0 amide bonds. The topological polar surface area (TPSA) is 21.1 Å². The monoisotopic (exact) mass is 305 g/mol. The molecule has 2 aromatic rings. The van der Waals surface area contributed by atoms with Crippen molar-refractivity contribution in [2.24, 2.45) is 0 Å². The third-order valence-corrected chi connectivity index (χ3v) is 4.40. The van der Waals surface area contributed by atoms with E-state index >= 15 is 0 Å². The van der Waals surface area contributed by atoms with Crippen LogP contribution in [-0.4, -0.2) is 27.5 Å². The highest BCUT2D eigenvalue weighted by atomic mass is 19.1. The number of aromatic nitrogens is 2. The van der Waals surface area contributed by atoms with Crippen LogP contribution < -0.4 is 0 Å². The molecular formula is C17H21F2N3. The van der Waals surface area contributed by atoms with Gasteiger partial charge < -0.3 is 4.57 Å². The molecule has 2 heterocycles. The molecule has 1 aliphatic heterocycles. The number of halogens is 2. The van der Waals surface area contributed by atoms with E-state index in [2.05, 4.69) is 21.4 Å². The van der Waals surface area contributed by atoms with E-state index in [1.54, 1.807) is 0 Å². The van der Waals surface area contributed by atoms with Crippen molar-refractivity contribution < 1.29 is 8.78 Å². The quantitative estimate of drug-likeness (QED) is 0.861. The lowest BCUT2D eigenvalue weighted by Crippen LogP contribution is -2.35. The summed E-state index contributed by atoms with van der Waals surface area (Å²) in [6.07, 6.45) is 5.92. The summed E-state index contributed by atoms with van der Waals surface area (Å²) in [5.41, 5.74) is 0.169. The van der Waals surface area contributed by atoms with Crippen LogP contribution in [0.4, 0.5) is 8.78 Å². The minimum Gasteiger partial charge on any atom is -0.335 e. The predicted molar refractivity (Wildman–Crippen MR) is 81.5 cm³/mol. The lowest BCUT2D eigenvalue weighted by atomic mass is 9.96. The Hall–Kier alpha value is -1.75. The van der Waals surface area contributed by atoms with E-state index in [-0.39, 0.29) is 5.56 Å². The summed E-state index contributed by atoms with van der Waals surface area (Å²) >= 11 is 0. The highest BCUT2D eigenvalue weighted by molar-refractivity contribution is 5.19. The van der Waals surface area contributed by atoms with Crippen LogP contribution in [0.2, 0.25) is 0 Å². The van der Waals surface area contributed by atoms with Gasteiger partial charge in [-0.25, -0.2) is 13.8 Å². The first-order valence-corrected chi connectivity index (χ1v) is 7.85. The van der Waals surface area contributed by atoms with Crippen LogP contribution in [0, 0.1) is 11.6 Å². The van der Waals surface area contributed by atoms with Crippen LogP contribution in [0.15, 0.2) is 30.6 Å². The summed E-state index contributed by atoms with van der Waals surface area (Å²) in [4.78, 5) is 6.60. The second kappa shape index (κ2) is 6.57. The first-order valence-electron chi connectivity index (χ1n) is 7.85. The van der Waals surface area contributed by atoms with Gasteiger partial charge in [0, 0.05) is 43.5 Å². The molecule has 0 N–H and O–H groups in total. The van der Waals surface area contributed by atoms with Crippen LogP contribution in [0.3, 0.4) is 0 Å². The van der Waals surface area contributed by atoms with Crippen LogP contribution >= 0.6 is 0 Å². The lowest BCUT2D eigenvalue weighted by Gasteiger charge is -2.32. The second-order valence-corrected chi connectivity index (χ2v) is 5.85. The number of benzene rings is 1. The number of hydrogen-bond donors (Lipinski definition) is 0. The van der Waals surface area contributed by atoms with Crippen molar-refractivity contribution in [2.45, 2.75) is 38.8 Å². The van der Waals surface area contributed by atoms with E-state index in [1.165, 1.54) is 18.2 Å². The Bertz CT molecular complexity index is 618. The van der Waals surface area contributed by atoms with Crippen LogP contribution in [0.25, 0.3) is 0 Å². The maximum absolute atomic E-state index is 13.8. The zero-order valence-electron chi connectivity index (χ0n) is 12.8. The van der Waals surface area contributed by atoms with E-state index in [0.717, 1.165) is 38.3 Å². The van der Waals surface area contributed by atoms with Crippen molar-refractivity contribution in [1.29, 1.82) is 0 Å². The number of nitrogens with zero attached hydrogens (tertiary/aromatic N) is 3. The Morgan fingerprint density at radius 1 is 1.27 bits per heavy atom. The standard InChI is InChI=1S/C17H21F2N3/c1-2-22-10-8-20-17(22)13-5-4-9-21(11-13)12-14-15(18)6-3-7-16(14)19/h3,6-8,10,13H,2,4-5,9,11-12H2,1H3/t13-/m0/s1. The fourth-order valence-electron chi connectivity index (χ4n) is 3.26. The second-order valence-electron chi connectivity index (χ2n) is 5.85. The van der Waals surface area contributed by atoms with Gasteiger partial charge in [0.15, 0.2) is 0 Å². The van der Waals surface area contributed by atoms with E-state index in [0.29, 0.717) is 12.5 Å². The first kappa shape index (κ1) is 15.2. The van der Waals surface area contributed by atoms with Gasteiger partial charge in [-0.2, -0.15) is 0 Å². The summed E-state index contributed by atoms with van der Waals surface area (Å²) in [6.45, 7) is 4.98. The Morgan fingerprint density at radius 3 is 2.77 bits per heavy atom. The third kappa shape index (κ3) is 3.04. The van der Waals surface area contributed by atoms with Crippen LogP contribution in [-0.2, 0) is 13.1 Å². The number of rotatable bonds is 4. The Balaban J connectivity index is 1.74. The molecule has 1 saturated heterocycles. The highest BCUT2D eigenvalue weighted by Gasteiger charge is 2.25. The smallest absolute Gasteiger partial charge is 0.130 e. The molecule has 0 spiro atoms. The van der Waals surface area contributed by atoms with Gasteiger partial charge in [0.25, 0.3) is 0 Å². The molecule has 118 valence electrons. The van der Waals surface area contributed by atoms with Crippen molar-refractivity contribution in [1.82, 2.24) is 14.5 Å². The molecular weight excluding hydrogens is 284 g/mol. The Morgan fingerprint density at radius 2 is 2.05 bits per heavy atom. The van der Waals surface area contributed by atoms with Gasteiger partial charge in [-0.3, -0.25) is 4.90 Å². The number of likely N-dealkylation sites (tertiary alicyclic amines) is 1. The van der Waals surface area contributed by atoms with Gasteiger partial charge in [0.05, 0.1) is 0 Å². The molecule has 1 fully saturated rings. The largest absolute Gasteiger partial charge is 0.335 e. The van der Waals surface area contributed by atoms with Gasteiger partial charge >= 0.3 is 0 Å². The summed E-state index contributed by atoms with van der Waals surface area (Å²) < 4.78 is 29.8. The average molecular weight is 305 g/mol. The van der Waals surface area contributed by atoms with Crippen molar-refractivity contribution in [2.75, 3.05) is 13.1 Å². The van der Waals surface area contributed by atoms with Gasteiger partial charge in [0.2, 0.25) is 0 Å². The molecule has 1 atom stereocenters. The zero-order chi connectivity index (χ0) is 15.5. The molecule has 1 aromatic heterocycles.